The Kier molecular flexibility index (Phi) is 4.66. The lowest BCUT2D eigenvalue weighted by molar-refractivity contribution is -0.136. The van der Waals surface area contributed by atoms with Crippen molar-refractivity contribution in [2.75, 3.05) is 5.32 Å². The number of amides is 2. The summed E-state index contributed by atoms with van der Waals surface area (Å²) < 4.78 is 1.64. The number of anilines is 1. The van der Waals surface area contributed by atoms with Crippen molar-refractivity contribution in [1.29, 1.82) is 0 Å². The molecule has 0 saturated heterocycles. The molecular weight excluding hydrogens is 326 g/mol. The predicted molar refractivity (Wildman–Crippen MR) is 90.9 cm³/mol. The molecule has 0 aliphatic rings. The third kappa shape index (κ3) is 3.66. The fraction of sp³-hybridized carbons (Fsp3) is 0.125. The van der Waals surface area contributed by atoms with Gasteiger partial charge in [0.25, 0.3) is 0 Å². The Balaban J connectivity index is 1.60. The van der Waals surface area contributed by atoms with E-state index in [1.165, 1.54) is 11.3 Å². The van der Waals surface area contributed by atoms with Gasteiger partial charge in [-0.1, -0.05) is 17.3 Å². The van der Waals surface area contributed by atoms with E-state index < -0.39 is 11.8 Å². The molecule has 2 amide bonds. The highest BCUT2D eigenvalue weighted by Gasteiger charge is 2.17. The number of nitrogens with one attached hydrogen (secondary N) is 2. The molecular formula is C16H15N5O2S. The van der Waals surface area contributed by atoms with Crippen LogP contribution in [0.4, 0.5) is 5.69 Å². The second kappa shape index (κ2) is 7.05. The minimum atomic E-state index is -0.681. The quantitative estimate of drug-likeness (QED) is 0.712. The summed E-state index contributed by atoms with van der Waals surface area (Å²) in [6.45, 7) is 1.82. The van der Waals surface area contributed by atoms with Gasteiger partial charge in [-0.05, 0) is 36.1 Å². The van der Waals surface area contributed by atoms with Crippen molar-refractivity contribution < 1.29 is 9.59 Å². The SMILES string of the molecule is C[C@@H](NC(=O)C(=O)Nc1ccsc1)c1ccc(-n2ccnn2)cc1. The molecule has 0 bridgehead atoms. The van der Waals surface area contributed by atoms with Crippen LogP contribution in [0.15, 0.2) is 53.5 Å². The van der Waals surface area contributed by atoms with Gasteiger partial charge in [-0.3, -0.25) is 9.59 Å². The highest BCUT2D eigenvalue weighted by atomic mass is 32.1. The predicted octanol–water partition coefficient (Wildman–Crippen LogP) is 2.14. The fourth-order valence-electron chi connectivity index (χ4n) is 2.13. The van der Waals surface area contributed by atoms with Gasteiger partial charge in [-0.2, -0.15) is 11.3 Å². The first-order valence-electron chi connectivity index (χ1n) is 7.24. The van der Waals surface area contributed by atoms with E-state index in [-0.39, 0.29) is 6.04 Å². The summed E-state index contributed by atoms with van der Waals surface area (Å²) in [7, 11) is 0. The summed E-state index contributed by atoms with van der Waals surface area (Å²) in [6.07, 6.45) is 3.35. The van der Waals surface area contributed by atoms with Crippen LogP contribution in [0.2, 0.25) is 0 Å². The van der Waals surface area contributed by atoms with Gasteiger partial charge in [-0.25, -0.2) is 4.68 Å². The van der Waals surface area contributed by atoms with E-state index >= 15 is 0 Å². The van der Waals surface area contributed by atoms with Gasteiger partial charge in [-0.15, -0.1) is 5.10 Å². The Morgan fingerprint density at radius 1 is 1.17 bits per heavy atom. The van der Waals surface area contributed by atoms with E-state index in [0.717, 1.165) is 11.3 Å². The van der Waals surface area contributed by atoms with Gasteiger partial charge in [0.15, 0.2) is 0 Å². The maximum atomic E-state index is 12.0. The van der Waals surface area contributed by atoms with Crippen molar-refractivity contribution >= 4 is 28.8 Å². The lowest BCUT2D eigenvalue weighted by atomic mass is 10.1. The van der Waals surface area contributed by atoms with Gasteiger partial charge >= 0.3 is 11.8 Å². The molecule has 122 valence electrons. The normalized spacial score (nSPS) is 11.7. The smallest absolute Gasteiger partial charge is 0.313 e. The number of aromatic nitrogens is 3. The van der Waals surface area contributed by atoms with Crippen molar-refractivity contribution in [2.45, 2.75) is 13.0 Å². The molecule has 1 aromatic carbocycles. The summed E-state index contributed by atoms with van der Waals surface area (Å²) in [6, 6.07) is 8.94. The summed E-state index contributed by atoms with van der Waals surface area (Å²) in [5.41, 5.74) is 2.37. The maximum absolute atomic E-state index is 12.0. The number of thiophene rings is 1. The van der Waals surface area contributed by atoms with Crippen molar-refractivity contribution in [3.8, 4) is 5.69 Å². The van der Waals surface area contributed by atoms with Crippen LogP contribution < -0.4 is 10.6 Å². The minimum absolute atomic E-state index is 0.296. The third-order valence-electron chi connectivity index (χ3n) is 3.41. The van der Waals surface area contributed by atoms with Crippen molar-refractivity contribution in [1.82, 2.24) is 20.3 Å². The van der Waals surface area contributed by atoms with Gasteiger partial charge in [0.05, 0.1) is 29.8 Å². The largest absolute Gasteiger partial charge is 0.341 e. The number of benzene rings is 1. The molecule has 1 atom stereocenters. The minimum Gasteiger partial charge on any atom is -0.341 e. The van der Waals surface area contributed by atoms with Crippen molar-refractivity contribution in [3.63, 3.8) is 0 Å². The molecule has 2 aromatic heterocycles. The lowest BCUT2D eigenvalue weighted by Crippen LogP contribution is -2.36. The number of rotatable bonds is 4. The molecule has 24 heavy (non-hydrogen) atoms. The third-order valence-corrected chi connectivity index (χ3v) is 4.10. The van der Waals surface area contributed by atoms with Gasteiger partial charge in [0, 0.05) is 5.38 Å². The Morgan fingerprint density at radius 2 is 1.96 bits per heavy atom. The molecule has 2 heterocycles. The van der Waals surface area contributed by atoms with Gasteiger partial charge < -0.3 is 10.6 Å². The summed E-state index contributed by atoms with van der Waals surface area (Å²) >= 11 is 1.45. The molecule has 0 radical (unpaired) electrons. The van der Waals surface area contributed by atoms with Crippen LogP contribution in [0.25, 0.3) is 5.69 Å². The topological polar surface area (TPSA) is 88.9 Å². The molecule has 0 fully saturated rings. The highest BCUT2D eigenvalue weighted by Crippen LogP contribution is 2.15. The lowest BCUT2D eigenvalue weighted by Gasteiger charge is -2.14. The van der Waals surface area contributed by atoms with Gasteiger partial charge in [0.2, 0.25) is 0 Å². The second-order valence-corrected chi connectivity index (χ2v) is 5.88. The number of carbonyl (C=O) groups excluding carboxylic acids is 2. The summed E-state index contributed by atoms with van der Waals surface area (Å²) in [4.78, 5) is 23.8. The molecule has 7 nitrogen and oxygen atoms in total. The van der Waals surface area contributed by atoms with Crippen LogP contribution in [0, 0.1) is 0 Å². The van der Waals surface area contributed by atoms with Crippen LogP contribution in [-0.4, -0.2) is 26.8 Å². The monoisotopic (exact) mass is 341 g/mol. The second-order valence-electron chi connectivity index (χ2n) is 5.10. The van der Waals surface area contributed by atoms with Crippen LogP contribution in [0.3, 0.4) is 0 Å². The molecule has 0 aliphatic heterocycles. The maximum Gasteiger partial charge on any atom is 0.313 e. The average Bonchev–Trinajstić information content (AvgIpc) is 3.28. The Bertz CT molecular complexity index is 813. The molecule has 0 spiro atoms. The Morgan fingerprint density at radius 3 is 2.58 bits per heavy atom. The van der Waals surface area contributed by atoms with Crippen LogP contribution in [-0.2, 0) is 9.59 Å². The van der Waals surface area contributed by atoms with E-state index in [2.05, 4.69) is 20.9 Å². The standard InChI is InChI=1S/C16H15N5O2S/c1-11(18-15(22)16(23)19-13-6-9-24-10-13)12-2-4-14(5-3-12)21-8-7-17-20-21/h2-11H,1H3,(H,18,22)(H,19,23)/t11-/m1/s1. The van der Waals surface area contributed by atoms with E-state index in [9.17, 15) is 9.59 Å². The van der Waals surface area contributed by atoms with E-state index in [4.69, 9.17) is 0 Å². The van der Waals surface area contributed by atoms with Gasteiger partial charge in [0.1, 0.15) is 0 Å². The molecule has 2 N–H and O–H groups in total. The zero-order valence-electron chi connectivity index (χ0n) is 12.8. The molecule has 0 aliphatic carbocycles. The van der Waals surface area contributed by atoms with Crippen LogP contribution in [0.5, 0.6) is 0 Å². The van der Waals surface area contributed by atoms with Crippen LogP contribution in [0.1, 0.15) is 18.5 Å². The Labute approximate surface area is 142 Å². The van der Waals surface area contributed by atoms with Crippen LogP contribution >= 0.6 is 11.3 Å². The first-order chi connectivity index (χ1) is 11.6. The fourth-order valence-corrected chi connectivity index (χ4v) is 2.72. The molecule has 0 unspecified atom stereocenters. The number of hydrogen-bond acceptors (Lipinski definition) is 5. The zero-order chi connectivity index (χ0) is 16.9. The zero-order valence-corrected chi connectivity index (χ0v) is 13.7. The summed E-state index contributed by atoms with van der Waals surface area (Å²) in [5, 5.41) is 16.5. The molecule has 8 heteroatoms. The Hall–Kier alpha value is -3.00. The van der Waals surface area contributed by atoms with Crippen molar-refractivity contribution in [2.24, 2.45) is 0 Å². The number of hydrogen-bond donors (Lipinski definition) is 2. The number of carbonyl (C=O) groups is 2. The first kappa shape index (κ1) is 15.9. The molecule has 3 aromatic rings. The van der Waals surface area contributed by atoms with E-state index in [1.807, 2.05) is 36.6 Å². The first-order valence-corrected chi connectivity index (χ1v) is 8.18. The molecule has 0 saturated carbocycles. The molecule has 3 rings (SSSR count). The van der Waals surface area contributed by atoms with E-state index in [0.29, 0.717) is 5.69 Å². The van der Waals surface area contributed by atoms with Crippen molar-refractivity contribution in [3.05, 3.63) is 59.0 Å². The van der Waals surface area contributed by atoms with E-state index in [1.54, 1.807) is 28.5 Å². The number of nitrogens with zero attached hydrogens (tertiary/aromatic N) is 3. The average molecular weight is 341 g/mol. The highest BCUT2D eigenvalue weighted by molar-refractivity contribution is 7.08. The summed E-state index contributed by atoms with van der Waals surface area (Å²) in [5.74, 6) is -1.35.